The molecule has 4 nitrogen and oxygen atoms in total. The molecule has 60 valence electrons. The maximum Gasteiger partial charge on any atom is 0.307 e. The van der Waals surface area contributed by atoms with Gasteiger partial charge in [-0.1, -0.05) is 0 Å². The molecule has 0 aromatic heterocycles. The van der Waals surface area contributed by atoms with Crippen LogP contribution in [0, 0.1) is 5.92 Å². The lowest BCUT2D eigenvalue weighted by Gasteiger charge is -2.06. The zero-order valence-corrected chi connectivity index (χ0v) is 6.04. The normalized spacial score (nSPS) is 13.0. The second kappa shape index (κ2) is 5.20. The maximum absolute atomic E-state index is 10.3. The van der Waals surface area contributed by atoms with Crippen molar-refractivity contribution in [3.63, 3.8) is 0 Å². The van der Waals surface area contributed by atoms with Gasteiger partial charge in [0.05, 0.1) is 5.92 Å². The van der Waals surface area contributed by atoms with Crippen molar-refractivity contribution in [1.29, 1.82) is 0 Å². The number of methoxy groups -OCH3 is 1. The van der Waals surface area contributed by atoms with Gasteiger partial charge in [-0.15, -0.1) is 0 Å². The van der Waals surface area contributed by atoms with E-state index in [4.69, 9.17) is 15.6 Å². The van der Waals surface area contributed by atoms with Gasteiger partial charge in [-0.3, -0.25) is 4.79 Å². The summed E-state index contributed by atoms with van der Waals surface area (Å²) in [5.41, 5.74) is 5.18. The predicted octanol–water partition coefficient (Wildman–Crippen LogP) is -0.318. The Labute approximate surface area is 60.0 Å². The Bertz CT molecular complexity index is 105. The van der Waals surface area contributed by atoms with Crippen molar-refractivity contribution >= 4 is 5.97 Å². The summed E-state index contributed by atoms with van der Waals surface area (Å²) < 4.78 is 4.71. The number of aliphatic carboxylic acids is 1. The molecule has 1 atom stereocenters. The van der Waals surface area contributed by atoms with E-state index in [2.05, 4.69) is 0 Å². The SMILES string of the molecule is COCCC(CN)C(=O)O. The first-order chi connectivity index (χ1) is 4.72. The van der Waals surface area contributed by atoms with E-state index in [1.165, 1.54) is 7.11 Å². The van der Waals surface area contributed by atoms with Crippen LogP contribution >= 0.6 is 0 Å². The largest absolute Gasteiger partial charge is 0.481 e. The summed E-state index contributed by atoms with van der Waals surface area (Å²) in [5.74, 6) is -1.31. The Kier molecular flexibility index (Phi) is 4.88. The van der Waals surface area contributed by atoms with Gasteiger partial charge in [-0.25, -0.2) is 0 Å². The van der Waals surface area contributed by atoms with Crippen LogP contribution in [0.2, 0.25) is 0 Å². The molecule has 3 N–H and O–H groups in total. The van der Waals surface area contributed by atoms with Crippen molar-refractivity contribution in [3.05, 3.63) is 0 Å². The average molecular weight is 147 g/mol. The van der Waals surface area contributed by atoms with Gasteiger partial charge in [-0.2, -0.15) is 0 Å². The molecule has 1 unspecified atom stereocenters. The van der Waals surface area contributed by atoms with Crippen LogP contribution in [0.3, 0.4) is 0 Å². The molecule has 0 amide bonds. The summed E-state index contributed by atoms with van der Waals surface area (Å²) in [6.07, 6.45) is 0.488. The monoisotopic (exact) mass is 147 g/mol. The smallest absolute Gasteiger partial charge is 0.307 e. The zero-order chi connectivity index (χ0) is 7.98. The first kappa shape index (κ1) is 9.39. The van der Waals surface area contributed by atoms with Crippen molar-refractivity contribution in [2.24, 2.45) is 11.7 Å². The molecule has 0 aromatic rings. The van der Waals surface area contributed by atoms with Crippen LogP contribution in [-0.4, -0.2) is 31.3 Å². The van der Waals surface area contributed by atoms with Crippen molar-refractivity contribution < 1.29 is 14.6 Å². The lowest BCUT2D eigenvalue weighted by molar-refractivity contribution is -0.141. The average Bonchev–Trinajstić information content (AvgIpc) is 1.89. The van der Waals surface area contributed by atoms with Crippen molar-refractivity contribution in [2.75, 3.05) is 20.3 Å². The molecule has 0 aliphatic carbocycles. The molecule has 0 aliphatic heterocycles. The standard InChI is InChI=1S/C6H13NO3/c1-10-3-2-5(4-7)6(8)9/h5H,2-4,7H2,1H3,(H,8,9). The van der Waals surface area contributed by atoms with Crippen LogP contribution in [0.4, 0.5) is 0 Å². The number of nitrogens with two attached hydrogens (primary N) is 1. The minimum Gasteiger partial charge on any atom is -0.481 e. The number of carboxylic acid groups (broad SMARTS) is 1. The molecule has 0 heterocycles. The molecular weight excluding hydrogens is 134 g/mol. The van der Waals surface area contributed by atoms with E-state index in [1.54, 1.807) is 0 Å². The highest BCUT2D eigenvalue weighted by molar-refractivity contribution is 5.70. The topological polar surface area (TPSA) is 72.5 Å². The number of carbonyl (C=O) groups is 1. The Balaban J connectivity index is 3.50. The molecule has 10 heavy (non-hydrogen) atoms. The van der Waals surface area contributed by atoms with E-state index in [1.807, 2.05) is 0 Å². The van der Waals surface area contributed by atoms with E-state index in [-0.39, 0.29) is 6.54 Å². The fourth-order valence-electron chi connectivity index (χ4n) is 0.602. The second-order valence-electron chi connectivity index (χ2n) is 2.05. The second-order valence-corrected chi connectivity index (χ2v) is 2.05. The van der Waals surface area contributed by atoms with E-state index in [9.17, 15) is 4.79 Å². The number of hydrogen-bond donors (Lipinski definition) is 2. The van der Waals surface area contributed by atoms with Crippen LogP contribution in [-0.2, 0) is 9.53 Å². The van der Waals surface area contributed by atoms with Gasteiger partial charge >= 0.3 is 5.97 Å². The van der Waals surface area contributed by atoms with E-state index >= 15 is 0 Å². The van der Waals surface area contributed by atoms with E-state index in [0.717, 1.165) is 0 Å². The summed E-state index contributed by atoms with van der Waals surface area (Å²) in [6, 6.07) is 0. The molecule has 0 aromatic carbocycles. The molecule has 4 heteroatoms. The molecule has 0 bridgehead atoms. The Morgan fingerprint density at radius 3 is 2.70 bits per heavy atom. The fourth-order valence-corrected chi connectivity index (χ4v) is 0.602. The van der Waals surface area contributed by atoms with Crippen LogP contribution in [0.5, 0.6) is 0 Å². The summed E-state index contributed by atoms with van der Waals surface area (Å²) in [7, 11) is 1.54. The van der Waals surface area contributed by atoms with Crippen molar-refractivity contribution in [2.45, 2.75) is 6.42 Å². The predicted molar refractivity (Wildman–Crippen MR) is 36.7 cm³/mol. The third-order valence-corrected chi connectivity index (χ3v) is 1.30. The number of carboxylic acids is 1. The summed E-state index contributed by atoms with van der Waals surface area (Å²) >= 11 is 0. The third-order valence-electron chi connectivity index (χ3n) is 1.30. The Morgan fingerprint density at radius 1 is 1.80 bits per heavy atom. The first-order valence-electron chi connectivity index (χ1n) is 3.14. The minimum absolute atomic E-state index is 0.179. The van der Waals surface area contributed by atoms with E-state index < -0.39 is 11.9 Å². The van der Waals surface area contributed by atoms with Crippen LogP contribution in [0.15, 0.2) is 0 Å². The summed E-state index contributed by atoms with van der Waals surface area (Å²) in [4.78, 5) is 10.3. The molecular formula is C6H13NO3. The molecule has 0 radical (unpaired) electrons. The molecule has 0 rings (SSSR count). The molecule has 0 saturated heterocycles. The van der Waals surface area contributed by atoms with Crippen molar-refractivity contribution in [1.82, 2.24) is 0 Å². The lowest BCUT2D eigenvalue weighted by atomic mass is 10.1. The molecule has 0 fully saturated rings. The lowest BCUT2D eigenvalue weighted by Crippen LogP contribution is -2.24. The summed E-state index contributed by atoms with van der Waals surface area (Å²) in [6.45, 7) is 0.632. The van der Waals surface area contributed by atoms with Gasteiger partial charge in [0, 0.05) is 20.3 Å². The third kappa shape index (κ3) is 3.42. The maximum atomic E-state index is 10.3. The fraction of sp³-hybridized carbons (Fsp3) is 0.833. The highest BCUT2D eigenvalue weighted by Crippen LogP contribution is 1.99. The summed E-state index contributed by atoms with van der Waals surface area (Å²) in [5, 5.41) is 8.46. The first-order valence-corrected chi connectivity index (χ1v) is 3.14. The highest BCUT2D eigenvalue weighted by Gasteiger charge is 2.13. The van der Waals surface area contributed by atoms with Crippen LogP contribution in [0.1, 0.15) is 6.42 Å². The van der Waals surface area contributed by atoms with Crippen molar-refractivity contribution in [3.8, 4) is 0 Å². The molecule has 0 saturated carbocycles. The number of rotatable bonds is 5. The van der Waals surface area contributed by atoms with Gasteiger partial charge in [-0.05, 0) is 6.42 Å². The number of ether oxygens (including phenoxy) is 1. The minimum atomic E-state index is -0.848. The quantitative estimate of drug-likeness (QED) is 0.559. The van der Waals surface area contributed by atoms with Gasteiger partial charge in [0.15, 0.2) is 0 Å². The molecule has 0 spiro atoms. The zero-order valence-electron chi connectivity index (χ0n) is 6.04. The molecule has 0 aliphatic rings. The highest BCUT2D eigenvalue weighted by atomic mass is 16.5. The number of hydrogen-bond acceptors (Lipinski definition) is 3. The van der Waals surface area contributed by atoms with Crippen LogP contribution in [0.25, 0.3) is 0 Å². The Hall–Kier alpha value is -0.610. The Morgan fingerprint density at radius 2 is 2.40 bits per heavy atom. The van der Waals surface area contributed by atoms with E-state index in [0.29, 0.717) is 13.0 Å². The van der Waals surface area contributed by atoms with Gasteiger partial charge < -0.3 is 15.6 Å². The van der Waals surface area contributed by atoms with Gasteiger partial charge in [0.25, 0.3) is 0 Å². The van der Waals surface area contributed by atoms with Gasteiger partial charge in [0.1, 0.15) is 0 Å². The van der Waals surface area contributed by atoms with Gasteiger partial charge in [0.2, 0.25) is 0 Å². The van der Waals surface area contributed by atoms with Crippen LogP contribution < -0.4 is 5.73 Å².